The van der Waals surface area contributed by atoms with Crippen LogP contribution < -0.4 is 11.3 Å². The van der Waals surface area contributed by atoms with Crippen molar-refractivity contribution in [3.05, 3.63) is 93.4 Å². The summed E-state index contributed by atoms with van der Waals surface area (Å²) >= 11 is 0. The highest BCUT2D eigenvalue weighted by Gasteiger charge is 2.41. The largest absolute Gasteiger partial charge is 0.369 e. The summed E-state index contributed by atoms with van der Waals surface area (Å²) in [6.07, 6.45) is 4.37. The maximum Gasteiger partial charge on any atom is 0.254 e. The number of aryl methyl sites for hydroxylation is 2. The van der Waals surface area contributed by atoms with Crippen LogP contribution in [0, 0.1) is 0 Å². The molecule has 3 aromatic rings. The molecule has 2 atom stereocenters. The summed E-state index contributed by atoms with van der Waals surface area (Å²) in [4.78, 5) is 16.4. The number of hydrogen-bond donors (Lipinski definition) is 1. The molecule has 138 valence electrons. The van der Waals surface area contributed by atoms with Gasteiger partial charge in [-0.1, -0.05) is 54.6 Å². The van der Waals surface area contributed by atoms with Gasteiger partial charge >= 0.3 is 0 Å². The van der Waals surface area contributed by atoms with E-state index >= 15 is 0 Å². The van der Waals surface area contributed by atoms with Crippen LogP contribution in [0.1, 0.15) is 47.1 Å². The fourth-order valence-corrected chi connectivity index (χ4v) is 3.78. The van der Waals surface area contributed by atoms with Gasteiger partial charge in [-0.3, -0.25) is 9.36 Å². The summed E-state index contributed by atoms with van der Waals surface area (Å²) in [6, 6.07) is 21.1. The van der Waals surface area contributed by atoms with Crippen molar-refractivity contribution in [1.29, 1.82) is 0 Å². The molecule has 1 saturated carbocycles. The first-order valence-electron chi connectivity index (χ1n) is 9.58. The van der Waals surface area contributed by atoms with Crippen LogP contribution in [-0.4, -0.2) is 9.55 Å². The van der Waals surface area contributed by atoms with Gasteiger partial charge in [-0.05, 0) is 48.3 Å². The molecular weight excluding hydrogens is 334 g/mol. The summed E-state index contributed by atoms with van der Waals surface area (Å²) in [6.45, 7) is 0. The Kier molecular flexibility index (Phi) is 4.80. The van der Waals surface area contributed by atoms with Crippen LogP contribution in [0.5, 0.6) is 0 Å². The Morgan fingerprint density at radius 3 is 2.52 bits per heavy atom. The predicted octanol–water partition coefficient (Wildman–Crippen LogP) is 3.81. The van der Waals surface area contributed by atoms with Gasteiger partial charge in [0.2, 0.25) is 5.95 Å². The molecule has 27 heavy (non-hydrogen) atoms. The van der Waals surface area contributed by atoms with Gasteiger partial charge in [-0.25, -0.2) is 4.98 Å². The number of anilines is 1. The highest BCUT2D eigenvalue weighted by atomic mass is 16.1. The Hall–Kier alpha value is -2.88. The Morgan fingerprint density at radius 1 is 1.00 bits per heavy atom. The van der Waals surface area contributed by atoms with Crippen molar-refractivity contribution < 1.29 is 0 Å². The van der Waals surface area contributed by atoms with Crippen molar-refractivity contribution in [2.75, 3.05) is 5.73 Å². The third-order valence-electron chi connectivity index (χ3n) is 5.51. The summed E-state index contributed by atoms with van der Waals surface area (Å²) < 4.78 is 1.38. The minimum Gasteiger partial charge on any atom is -0.369 e. The van der Waals surface area contributed by atoms with Crippen LogP contribution in [-0.2, 0) is 19.9 Å². The van der Waals surface area contributed by atoms with E-state index in [4.69, 9.17) is 5.73 Å². The Bertz CT molecular complexity index is 994. The monoisotopic (exact) mass is 359 g/mol. The lowest BCUT2D eigenvalue weighted by Gasteiger charge is -2.07. The van der Waals surface area contributed by atoms with Crippen LogP contribution in [0.2, 0.25) is 0 Å². The van der Waals surface area contributed by atoms with Gasteiger partial charge in [-0.2, -0.15) is 0 Å². The lowest BCUT2D eigenvalue weighted by molar-refractivity contribution is 0.811. The molecule has 0 radical (unpaired) electrons. The van der Waals surface area contributed by atoms with E-state index in [-0.39, 0.29) is 11.5 Å². The van der Waals surface area contributed by atoms with E-state index in [0.717, 1.165) is 31.4 Å². The normalized spacial score (nSPS) is 18.4. The van der Waals surface area contributed by atoms with Gasteiger partial charge < -0.3 is 5.73 Å². The highest BCUT2D eigenvalue weighted by Crippen LogP contribution is 2.54. The van der Waals surface area contributed by atoms with E-state index in [1.807, 2.05) is 0 Å². The van der Waals surface area contributed by atoms with Crippen molar-refractivity contribution in [3.8, 4) is 0 Å². The molecule has 2 N–H and O–H groups in total. The fraction of sp³-hybridized carbons (Fsp3) is 0.304. The lowest BCUT2D eigenvalue weighted by Crippen LogP contribution is -2.21. The maximum absolute atomic E-state index is 12.0. The lowest BCUT2D eigenvalue weighted by atomic mass is 10.00. The van der Waals surface area contributed by atoms with Crippen molar-refractivity contribution in [1.82, 2.24) is 9.55 Å². The standard InChI is InChI=1S/C23H25N3O/c1-26-22(27)15-21(25-23(26)24)20-14-19(20)18-12-6-11-17(13-18)10-5-9-16-7-3-2-4-8-16/h2-4,6-8,11-13,15,19-20H,5,9-10,14H2,1H3,(H2,24,25)/t19-,20-/m0/s1. The van der Waals surface area contributed by atoms with Crippen molar-refractivity contribution in [3.63, 3.8) is 0 Å². The molecule has 1 aliphatic carbocycles. The Labute approximate surface area is 159 Å². The quantitative estimate of drug-likeness (QED) is 0.728. The van der Waals surface area contributed by atoms with Crippen molar-refractivity contribution in [2.45, 2.75) is 37.5 Å². The zero-order chi connectivity index (χ0) is 18.8. The second-order valence-corrected chi connectivity index (χ2v) is 7.47. The summed E-state index contributed by atoms with van der Waals surface area (Å²) in [5.74, 6) is 1.04. The Balaban J connectivity index is 1.41. The van der Waals surface area contributed by atoms with E-state index in [1.54, 1.807) is 13.1 Å². The van der Waals surface area contributed by atoms with Crippen molar-refractivity contribution in [2.24, 2.45) is 7.05 Å². The molecule has 4 heteroatoms. The number of benzene rings is 2. The topological polar surface area (TPSA) is 60.9 Å². The van der Waals surface area contributed by atoms with Gasteiger partial charge in [0, 0.05) is 19.0 Å². The summed E-state index contributed by atoms with van der Waals surface area (Å²) in [7, 11) is 1.65. The third-order valence-corrected chi connectivity index (χ3v) is 5.51. The van der Waals surface area contributed by atoms with Crippen LogP contribution in [0.25, 0.3) is 0 Å². The number of aromatic nitrogens is 2. The molecule has 1 aromatic heterocycles. The zero-order valence-electron chi connectivity index (χ0n) is 15.6. The molecule has 1 fully saturated rings. The molecule has 0 aliphatic heterocycles. The van der Waals surface area contributed by atoms with E-state index in [2.05, 4.69) is 59.6 Å². The number of nitrogens with two attached hydrogens (primary N) is 1. The average molecular weight is 359 g/mol. The van der Waals surface area contributed by atoms with Gasteiger partial charge in [0.05, 0.1) is 5.69 Å². The van der Waals surface area contributed by atoms with Crippen LogP contribution in [0.4, 0.5) is 5.95 Å². The smallest absolute Gasteiger partial charge is 0.254 e. The number of nitrogen functional groups attached to an aromatic ring is 1. The summed E-state index contributed by atoms with van der Waals surface area (Å²) in [5.41, 5.74) is 10.7. The van der Waals surface area contributed by atoms with Gasteiger partial charge in [0.25, 0.3) is 5.56 Å². The molecule has 0 saturated heterocycles. The first-order chi connectivity index (χ1) is 13.1. The van der Waals surface area contributed by atoms with Gasteiger partial charge in [0.15, 0.2) is 0 Å². The molecule has 1 heterocycles. The summed E-state index contributed by atoms with van der Waals surface area (Å²) in [5, 5.41) is 0. The molecule has 4 nitrogen and oxygen atoms in total. The fourth-order valence-electron chi connectivity index (χ4n) is 3.78. The minimum absolute atomic E-state index is 0.0854. The molecule has 1 aliphatic rings. The van der Waals surface area contributed by atoms with E-state index in [9.17, 15) is 4.79 Å². The molecule has 0 spiro atoms. The van der Waals surface area contributed by atoms with Crippen LogP contribution in [0.15, 0.2) is 65.5 Å². The molecule has 0 bridgehead atoms. The number of hydrogen-bond acceptors (Lipinski definition) is 3. The number of nitrogens with zero attached hydrogens (tertiary/aromatic N) is 2. The third kappa shape index (κ3) is 3.95. The minimum atomic E-state index is -0.0854. The molecule has 2 aromatic carbocycles. The first kappa shape index (κ1) is 17.5. The van der Waals surface area contributed by atoms with Crippen LogP contribution >= 0.6 is 0 Å². The van der Waals surface area contributed by atoms with Gasteiger partial charge in [0.1, 0.15) is 0 Å². The molecular formula is C23H25N3O. The van der Waals surface area contributed by atoms with E-state index < -0.39 is 0 Å². The predicted molar refractivity (Wildman–Crippen MR) is 109 cm³/mol. The molecule has 0 unspecified atom stereocenters. The Morgan fingerprint density at radius 2 is 1.74 bits per heavy atom. The first-order valence-corrected chi connectivity index (χ1v) is 9.58. The molecule has 4 rings (SSSR count). The van der Waals surface area contributed by atoms with E-state index in [0.29, 0.717) is 11.8 Å². The zero-order valence-corrected chi connectivity index (χ0v) is 15.6. The SMILES string of the molecule is Cn1c(N)nc([C@H]2C[C@H]2c2cccc(CCCc3ccccc3)c2)cc1=O. The second kappa shape index (κ2) is 7.39. The van der Waals surface area contributed by atoms with E-state index in [1.165, 1.54) is 21.3 Å². The molecule has 0 amide bonds. The average Bonchev–Trinajstić information content (AvgIpc) is 3.48. The maximum atomic E-state index is 12.0. The highest BCUT2D eigenvalue weighted by molar-refractivity contribution is 5.37. The van der Waals surface area contributed by atoms with Gasteiger partial charge in [-0.15, -0.1) is 0 Å². The number of rotatable bonds is 6. The van der Waals surface area contributed by atoms with Crippen molar-refractivity contribution >= 4 is 5.95 Å². The second-order valence-electron chi connectivity index (χ2n) is 7.47. The van der Waals surface area contributed by atoms with Crippen LogP contribution in [0.3, 0.4) is 0 Å².